The van der Waals surface area contributed by atoms with Gasteiger partial charge in [0.1, 0.15) is 5.75 Å². The number of ether oxygens (including phenoxy) is 2. The maximum absolute atomic E-state index is 12.6. The van der Waals surface area contributed by atoms with Gasteiger partial charge < -0.3 is 14.4 Å². The van der Waals surface area contributed by atoms with Crippen molar-refractivity contribution in [1.29, 1.82) is 0 Å². The van der Waals surface area contributed by atoms with E-state index in [1.807, 2.05) is 21.7 Å². The standard InChI is InChI=1S/C19H24N4O3/c1-25-16-7-5-14(6-8-16)3-2-4-19(24)22-10-9-18-17(12-22)23-15(13-26-18)11-20-21-23/h5-8,11,17-18H,2-4,9-10,12-13H2,1H3. The van der Waals surface area contributed by atoms with Crippen molar-refractivity contribution in [2.75, 3.05) is 20.2 Å². The molecule has 0 saturated carbocycles. The summed E-state index contributed by atoms with van der Waals surface area (Å²) in [6, 6.07) is 8.11. The summed E-state index contributed by atoms with van der Waals surface area (Å²) >= 11 is 0. The van der Waals surface area contributed by atoms with Crippen molar-refractivity contribution >= 4 is 5.91 Å². The fourth-order valence-corrected chi connectivity index (χ4v) is 3.80. The van der Waals surface area contributed by atoms with Gasteiger partial charge in [-0.15, -0.1) is 5.10 Å². The highest BCUT2D eigenvalue weighted by Gasteiger charge is 2.37. The van der Waals surface area contributed by atoms with E-state index in [0.29, 0.717) is 19.6 Å². The van der Waals surface area contributed by atoms with E-state index in [1.165, 1.54) is 5.56 Å². The summed E-state index contributed by atoms with van der Waals surface area (Å²) in [7, 11) is 1.66. The zero-order valence-electron chi connectivity index (χ0n) is 15.0. The number of rotatable bonds is 5. The number of likely N-dealkylation sites (tertiary alicyclic amines) is 1. The van der Waals surface area contributed by atoms with Gasteiger partial charge in [-0.2, -0.15) is 0 Å². The van der Waals surface area contributed by atoms with Crippen molar-refractivity contribution in [3.63, 3.8) is 0 Å². The van der Waals surface area contributed by atoms with Gasteiger partial charge >= 0.3 is 0 Å². The lowest BCUT2D eigenvalue weighted by Crippen LogP contribution is -2.49. The molecule has 0 spiro atoms. The van der Waals surface area contributed by atoms with E-state index in [1.54, 1.807) is 13.3 Å². The molecule has 1 aromatic heterocycles. The summed E-state index contributed by atoms with van der Waals surface area (Å²) in [6.07, 6.45) is 5.04. The Morgan fingerprint density at radius 2 is 2.19 bits per heavy atom. The predicted molar refractivity (Wildman–Crippen MR) is 94.8 cm³/mol. The Morgan fingerprint density at radius 1 is 1.35 bits per heavy atom. The number of methoxy groups -OCH3 is 1. The van der Waals surface area contributed by atoms with Gasteiger partial charge in [0, 0.05) is 19.5 Å². The molecule has 4 rings (SSSR count). The SMILES string of the molecule is COc1ccc(CCCC(=O)N2CCC3OCc4cnnn4C3C2)cc1. The molecular weight excluding hydrogens is 332 g/mol. The van der Waals surface area contributed by atoms with Crippen LogP contribution in [0.4, 0.5) is 0 Å². The predicted octanol–water partition coefficient (Wildman–Crippen LogP) is 1.98. The number of nitrogens with zero attached hydrogens (tertiary/aromatic N) is 4. The molecule has 0 aliphatic carbocycles. The molecule has 2 atom stereocenters. The minimum atomic E-state index is 0.0838. The van der Waals surface area contributed by atoms with Crippen molar-refractivity contribution in [2.45, 2.75) is 44.4 Å². The number of amides is 1. The van der Waals surface area contributed by atoms with Crippen LogP contribution in [0.25, 0.3) is 0 Å². The number of aryl methyl sites for hydroxylation is 1. The van der Waals surface area contributed by atoms with E-state index >= 15 is 0 Å². The molecule has 1 saturated heterocycles. The topological polar surface area (TPSA) is 69.5 Å². The number of aromatic nitrogens is 3. The number of hydrogen-bond acceptors (Lipinski definition) is 5. The van der Waals surface area contributed by atoms with Crippen LogP contribution >= 0.6 is 0 Å². The smallest absolute Gasteiger partial charge is 0.222 e. The molecule has 138 valence electrons. The first-order chi connectivity index (χ1) is 12.7. The molecule has 2 unspecified atom stereocenters. The van der Waals surface area contributed by atoms with Gasteiger partial charge in [0.2, 0.25) is 5.91 Å². The van der Waals surface area contributed by atoms with Crippen LogP contribution in [0.5, 0.6) is 5.75 Å². The molecule has 7 heteroatoms. The minimum absolute atomic E-state index is 0.0838. The summed E-state index contributed by atoms with van der Waals surface area (Å²) in [5.74, 6) is 1.07. The van der Waals surface area contributed by atoms with E-state index in [9.17, 15) is 4.79 Å². The van der Waals surface area contributed by atoms with Crippen molar-refractivity contribution in [1.82, 2.24) is 19.9 Å². The Bertz CT molecular complexity index is 758. The number of carbonyl (C=O) groups excluding carboxylic acids is 1. The molecular formula is C19H24N4O3. The number of fused-ring (bicyclic) bond motifs is 3. The highest BCUT2D eigenvalue weighted by molar-refractivity contribution is 5.76. The number of piperidine rings is 1. The largest absolute Gasteiger partial charge is 0.497 e. The summed E-state index contributed by atoms with van der Waals surface area (Å²) in [4.78, 5) is 14.6. The van der Waals surface area contributed by atoms with E-state index in [-0.39, 0.29) is 18.1 Å². The third-order valence-corrected chi connectivity index (χ3v) is 5.30. The Morgan fingerprint density at radius 3 is 3.00 bits per heavy atom. The van der Waals surface area contributed by atoms with E-state index < -0.39 is 0 Å². The Hall–Kier alpha value is -2.41. The molecule has 1 fully saturated rings. The van der Waals surface area contributed by atoms with Gasteiger partial charge in [-0.1, -0.05) is 17.3 Å². The first-order valence-corrected chi connectivity index (χ1v) is 9.16. The van der Waals surface area contributed by atoms with Gasteiger partial charge in [-0.25, -0.2) is 4.68 Å². The van der Waals surface area contributed by atoms with Gasteiger partial charge in [0.05, 0.1) is 37.8 Å². The maximum Gasteiger partial charge on any atom is 0.222 e. The normalized spacial score (nSPS) is 21.8. The third-order valence-electron chi connectivity index (χ3n) is 5.30. The van der Waals surface area contributed by atoms with E-state index in [4.69, 9.17) is 9.47 Å². The van der Waals surface area contributed by atoms with Crippen LogP contribution in [0.1, 0.15) is 36.6 Å². The Balaban J connectivity index is 1.30. The van der Waals surface area contributed by atoms with E-state index in [0.717, 1.165) is 37.3 Å². The molecule has 0 N–H and O–H groups in total. The zero-order chi connectivity index (χ0) is 17.9. The highest BCUT2D eigenvalue weighted by Crippen LogP contribution is 2.30. The summed E-state index contributed by atoms with van der Waals surface area (Å²) in [6.45, 7) is 1.97. The lowest BCUT2D eigenvalue weighted by molar-refractivity contribution is -0.138. The minimum Gasteiger partial charge on any atom is -0.497 e. The number of benzene rings is 1. The van der Waals surface area contributed by atoms with Gasteiger partial charge in [0.25, 0.3) is 0 Å². The van der Waals surface area contributed by atoms with Crippen LogP contribution < -0.4 is 4.74 Å². The lowest BCUT2D eigenvalue weighted by atomic mass is 9.99. The monoisotopic (exact) mass is 356 g/mol. The fourth-order valence-electron chi connectivity index (χ4n) is 3.80. The molecule has 0 radical (unpaired) electrons. The molecule has 0 bridgehead atoms. The quantitative estimate of drug-likeness (QED) is 0.819. The third kappa shape index (κ3) is 3.44. The molecule has 7 nitrogen and oxygen atoms in total. The van der Waals surface area contributed by atoms with E-state index in [2.05, 4.69) is 22.4 Å². The van der Waals surface area contributed by atoms with Crippen molar-refractivity contribution in [3.8, 4) is 5.75 Å². The second kappa shape index (κ2) is 7.45. The average molecular weight is 356 g/mol. The van der Waals surface area contributed by atoms with Crippen LogP contribution in [0.2, 0.25) is 0 Å². The Kier molecular flexibility index (Phi) is 4.88. The second-order valence-corrected chi connectivity index (χ2v) is 6.92. The lowest BCUT2D eigenvalue weighted by Gasteiger charge is -2.41. The number of carbonyl (C=O) groups is 1. The Labute approximate surface area is 152 Å². The molecule has 2 aliphatic heterocycles. The molecule has 1 amide bonds. The number of hydrogen-bond donors (Lipinski definition) is 0. The van der Waals surface area contributed by atoms with Crippen molar-refractivity contribution in [3.05, 3.63) is 41.7 Å². The second-order valence-electron chi connectivity index (χ2n) is 6.92. The fraction of sp³-hybridized carbons (Fsp3) is 0.526. The van der Waals surface area contributed by atoms with Crippen LogP contribution in [-0.2, 0) is 22.6 Å². The van der Waals surface area contributed by atoms with Crippen molar-refractivity contribution in [2.24, 2.45) is 0 Å². The van der Waals surface area contributed by atoms with Crippen LogP contribution in [-0.4, -0.2) is 52.1 Å². The van der Waals surface area contributed by atoms with Gasteiger partial charge in [-0.05, 0) is 37.0 Å². The highest BCUT2D eigenvalue weighted by atomic mass is 16.5. The van der Waals surface area contributed by atoms with Crippen LogP contribution in [0.3, 0.4) is 0 Å². The molecule has 3 heterocycles. The van der Waals surface area contributed by atoms with Crippen molar-refractivity contribution < 1.29 is 14.3 Å². The molecule has 26 heavy (non-hydrogen) atoms. The summed E-state index contributed by atoms with van der Waals surface area (Å²) in [5.41, 5.74) is 2.21. The maximum atomic E-state index is 12.6. The molecule has 1 aromatic carbocycles. The van der Waals surface area contributed by atoms with Crippen LogP contribution in [0.15, 0.2) is 30.5 Å². The first kappa shape index (κ1) is 17.0. The van der Waals surface area contributed by atoms with Gasteiger partial charge in [0.15, 0.2) is 0 Å². The summed E-state index contributed by atoms with van der Waals surface area (Å²) in [5, 5.41) is 8.17. The first-order valence-electron chi connectivity index (χ1n) is 9.16. The van der Waals surface area contributed by atoms with Gasteiger partial charge in [-0.3, -0.25) is 4.79 Å². The zero-order valence-corrected chi connectivity index (χ0v) is 15.0. The van der Waals surface area contributed by atoms with Crippen LogP contribution in [0, 0.1) is 0 Å². The molecule has 2 aliphatic rings. The molecule has 2 aromatic rings. The summed E-state index contributed by atoms with van der Waals surface area (Å²) < 4.78 is 13.0. The average Bonchev–Trinajstić information content (AvgIpc) is 3.17.